The molecule has 2 heterocycles. The predicted octanol–water partition coefficient (Wildman–Crippen LogP) is 3.53. The zero-order valence-electron chi connectivity index (χ0n) is 11.5. The van der Waals surface area contributed by atoms with Crippen LogP contribution in [0.2, 0.25) is 0 Å². The molecule has 5 nitrogen and oxygen atoms in total. The first kappa shape index (κ1) is 13.7. The molecule has 0 saturated carbocycles. The Morgan fingerprint density at radius 2 is 2.05 bits per heavy atom. The van der Waals surface area contributed by atoms with Crippen molar-refractivity contribution in [2.24, 2.45) is 5.84 Å². The van der Waals surface area contributed by atoms with Crippen molar-refractivity contribution >= 4 is 27.5 Å². The van der Waals surface area contributed by atoms with E-state index in [0.717, 1.165) is 20.7 Å². The van der Waals surface area contributed by atoms with Crippen LogP contribution in [-0.4, -0.2) is 9.97 Å². The number of rotatable bonds is 3. The van der Waals surface area contributed by atoms with Crippen LogP contribution in [0, 0.1) is 19.7 Å². The first-order valence-electron chi connectivity index (χ1n) is 6.25. The second kappa shape index (κ2) is 5.27. The van der Waals surface area contributed by atoms with E-state index in [4.69, 9.17) is 10.6 Å². The molecule has 108 valence electrons. The Bertz CT molecular complexity index is 818. The number of nitrogens with two attached hydrogens (primary N) is 1. The number of aromatic nitrogens is 2. The number of nitrogen functional groups attached to an aromatic ring is 1. The minimum atomic E-state index is -0.362. The summed E-state index contributed by atoms with van der Waals surface area (Å²) in [6, 6.07) is 6.31. The molecule has 0 fully saturated rings. The number of anilines is 1. The topological polar surface area (TPSA) is 73.1 Å². The summed E-state index contributed by atoms with van der Waals surface area (Å²) < 4.78 is 19.1. The molecule has 0 aliphatic heterocycles. The molecule has 0 aliphatic rings. The number of nitrogens with one attached hydrogen (secondary N) is 1. The smallest absolute Gasteiger partial charge is 0.241 e. The molecule has 3 aromatic rings. The number of hydrogen-bond acceptors (Lipinski definition) is 6. The average Bonchev–Trinajstić information content (AvgIpc) is 2.83. The summed E-state index contributed by atoms with van der Waals surface area (Å²) >= 11 is 1.51. The van der Waals surface area contributed by atoms with Gasteiger partial charge in [-0.25, -0.2) is 15.2 Å². The lowest BCUT2D eigenvalue weighted by Gasteiger charge is -2.09. The normalized spacial score (nSPS) is 10.9. The highest BCUT2D eigenvalue weighted by molar-refractivity contribution is 7.18. The van der Waals surface area contributed by atoms with Gasteiger partial charge in [0.2, 0.25) is 11.8 Å². The number of thiophene rings is 1. The third-order valence-electron chi connectivity index (χ3n) is 2.97. The molecule has 0 saturated heterocycles. The van der Waals surface area contributed by atoms with Crippen molar-refractivity contribution in [2.45, 2.75) is 13.8 Å². The number of hydrazine groups is 1. The molecule has 21 heavy (non-hydrogen) atoms. The van der Waals surface area contributed by atoms with E-state index in [1.807, 2.05) is 19.9 Å². The molecule has 3 N–H and O–H groups in total. The first-order chi connectivity index (χ1) is 10.1. The molecule has 0 spiro atoms. The summed E-state index contributed by atoms with van der Waals surface area (Å²) in [7, 11) is 0. The lowest BCUT2D eigenvalue weighted by atomic mass is 10.2. The highest BCUT2D eigenvalue weighted by Gasteiger charge is 2.13. The fourth-order valence-electron chi connectivity index (χ4n) is 1.95. The van der Waals surface area contributed by atoms with Gasteiger partial charge in [-0.2, -0.15) is 4.98 Å². The molecule has 0 radical (unpaired) electrons. The fourth-order valence-corrected chi connectivity index (χ4v) is 2.82. The monoisotopic (exact) mass is 304 g/mol. The maximum atomic E-state index is 13.4. The lowest BCUT2D eigenvalue weighted by Crippen LogP contribution is -2.10. The molecule has 0 amide bonds. The molecule has 2 aromatic heterocycles. The van der Waals surface area contributed by atoms with E-state index in [9.17, 15) is 4.39 Å². The third-order valence-corrected chi connectivity index (χ3v) is 3.91. The van der Waals surface area contributed by atoms with Gasteiger partial charge >= 0.3 is 0 Å². The van der Waals surface area contributed by atoms with Gasteiger partial charge in [0, 0.05) is 10.9 Å². The highest BCUT2D eigenvalue weighted by atomic mass is 32.1. The Morgan fingerprint density at radius 1 is 1.24 bits per heavy atom. The molecule has 0 unspecified atom stereocenters. The van der Waals surface area contributed by atoms with E-state index in [-0.39, 0.29) is 11.8 Å². The van der Waals surface area contributed by atoms with Crippen LogP contribution in [0.4, 0.5) is 10.3 Å². The fraction of sp³-hybridized carbons (Fsp3) is 0.143. The van der Waals surface area contributed by atoms with E-state index < -0.39 is 0 Å². The number of nitrogens with zero attached hydrogens (tertiary/aromatic N) is 2. The number of halogens is 1. The summed E-state index contributed by atoms with van der Waals surface area (Å²) in [4.78, 5) is 10.3. The van der Waals surface area contributed by atoms with Gasteiger partial charge < -0.3 is 4.74 Å². The molecule has 7 heteroatoms. The number of benzene rings is 1. The number of fused-ring (bicyclic) bond motifs is 1. The molecule has 1 aromatic carbocycles. The zero-order chi connectivity index (χ0) is 15.0. The van der Waals surface area contributed by atoms with Crippen LogP contribution in [-0.2, 0) is 0 Å². The van der Waals surface area contributed by atoms with Crippen LogP contribution in [0.1, 0.15) is 10.4 Å². The van der Waals surface area contributed by atoms with Crippen LogP contribution in [0.5, 0.6) is 11.6 Å². The summed E-state index contributed by atoms with van der Waals surface area (Å²) in [5.74, 6) is 6.05. The minimum absolute atomic E-state index is 0.258. The standard InChI is InChI=1S/C14H13FN4OS/c1-7-3-4-9(15)6-11(7)20-12-10-5-8(2)21-13(10)18-14(17-12)19-16/h3-6H,16H2,1-2H3,(H,17,18,19). The van der Waals surface area contributed by atoms with Gasteiger partial charge in [-0.05, 0) is 31.5 Å². The zero-order valence-corrected chi connectivity index (χ0v) is 12.3. The van der Waals surface area contributed by atoms with Crippen LogP contribution in [0.25, 0.3) is 10.2 Å². The van der Waals surface area contributed by atoms with Crippen LogP contribution >= 0.6 is 11.3 Å². The summed E-state index contributed by atoms with van der Waals surface area (Å²) in [6.07, 6.45) is 0. The maximum absolute atomic E-state index is 13.4. The second-order valence-electron chi connectivity index (χ2n) is 4.58. The SMILES string of the molecule is Cc1cc2c(Oc3cc(F)ccc3C)nc(NN)nc2s1. The Hall–Kier alpha value is -2.25. The average molecular weight is 304 g/mol. The second-order valence-corrected chi connectivity index (χ2v) is 5.82. The first-order valence-corrected chi connectivity index (χ1v) is 7.07. The highest BCUT2D eigenvalue weighted by Crippen LogP contribution is 2.34. The van der Waals surface area contributed by atoms with Crippen molar-refractivity contribution in [3.63, 3.8) is 0 Å². The largest absolute Gasteiger partial charge is 0.438 e. The van der Waals surface area contributed by atoms with Crippen molar-refractivity contribution in [3.8, 4) is 11.6 Å². The number of aryl methyl sites for hydroxylation is 2. The van der Waals surface area contributed by atoms with Crippen molar-refractivity contribution < 1.29 is 9.13 Å². The van der Waals surface area contributed by atoms with Gasteiger partial charge in [-0.1, -0.05) is 6.07 Å². The summed E-state index contributed by atoms with van der Waals surface area (Å²) in [5, 5.41) is 0.778. The van der Waals surface area contributed by atoms with E-state index in [2.05, 4.69) is 15.4 Å². The molecular formula is C14H13FN4OS. The Morgan fingerprint density at radius 3 is 2.81 bits per heavy atom. The van der Waals surface area contributed by atoms with E-state index in [1.54, 1.807) is 6.07 Å². The summed E-state index contributed by atoms with van der Waals surface area (Å²) in [6.45, 7) is 3.81. The van der Waals surface area contributed by atoms with Crippen LogP contribution < -0.4 is 16.0 Å². The van der Waals surface area contributed by atoms with Crippen LogP contribution in [0.15, 0.2) is 24.3 Å². The van der Waals surface area contributed by atoms with Crippen molar-refractivity contribution in [1.29, 1.82) is 0 Å². The van der Waals surface area contributed by atoms with Gasteiger partial charge in [-0.3, -0.25) is 5.43 Å². The molecular weight excluding hydrogens is 291 g/mol. The number of ether oxygens (including phenoxy) is 1. The number of hydrogen-bond donors (Lipinski definition) is 2. The quantitative estimate of drug-likeness (QED) is 0.572. The van der Waals surface area contributed by atoms with Gasteiger partial charge in [0.1, 0.15) is 16.4 Å². The van der Waals surface area contributed by atoms with Gasteiger partial charge in [0.15, 0.2) is 0 Å². The Labute approximate surface area is 124 Å². The van der Waals surface area contributed by atoms with Gasteiger partial charge in [0.25, 0.3) is 0 Å². The van der Waals surface area contributed by atoms with E-state index >= 15 is 0 Å². The molecule has 3 rings (SSSR count). The maximum Gasteiger partial charge on any atom is 0.241 e. The molecule has 0 aliphatic carbocycles. The minimum Gasteiger partial charge on any atom is -0.438 e. The predicted molar refractivity (Wildman–Crippen MR) is 81.2 cm³/mol. The summed E-state index contributed by atoms with van der Waals surface area (Å²) in [5.41, 5.74) is 3.23. The van der Waals surface area contributed by atoms with Crippen molar-refractivity contribution in [2.75, 3.05) is 5.43 Å². The third kappa shape index (κ3) is 2.65. The lowest BCUT2D eigenvalue weighted by molar-refractivity contribution is 0.460. The Balaban J connectivity index is 2.12. The van der Waals surface area contributed by atoms with Crippen molar-refractivity contribution in [1.82, 2.24) is 9.97 Å². The molecule has 0 bridgehead atoms. The van der Waals surface area contributed by atoms with Crippen LogP contribution in [0.3, 0.4) is 0 Å². The van der Waals surface area contributed by atoms with Crippen molar-refractivity contribution in [3.05, 3.63) is 40.5 Å². The van der Waals surface area contributed by atoms with E-state index in [0.29, 0.717) is 11.6 Å². The van der Waals surface area contributed by atoms with Gasteiger partial charge in [0.05, 0.1) is 5.39 Å². The van der Waals surface area contributed by atoms with E-state index in [1.165, 1.54) is 23.5 Å². The molecule has 0 atom stereocenters. The Kier molecular flexibility index (Phi) is 3.44. The van der Waals surface area contributed by atoms with Gasteiger partial charge in [-0.15, -0.1) is 11.3 Å².